The molecule has 0 amide bonds. The van der Waals surface area contributed by atoms with Gasteiger partial charge in [-0.3, -0.25) is 0 Å². The second-order valence-electron chi connectivity index (χ2n) is 4.07. The van der Waals surface area contributed by atoms with E-state index in [-0.39, 0.29) is 6.61 Å². The van der Waals surface area contributed by atoms with Crippen LogP contribution in [-0.2, 0) is 10.0 Å². The van der Waals surface area contributed by atoms with Crippen molar-refractivity contribution in [2.24, 2.45) is 0 Å². The van der Waals surface area contributed by atoms with Crippen LogP contribution < -0.4 is 5.32 Å². The molecule has 0 aromatic heterocycles. The summed E-state index contributed by atoms with van der Waals surface area (Å²) in [5, 5.41) is 12.1. The van der Waals surface area contributed by atoms with Crippen LogP contribution in [-0.4, -0.2) is 55.4 Å². The molecule has 5 nitrogen and oxygen atoms in total. The molecule has 0 aliphatic carbocycles. The lowest BCUT2D eigenvalue weighted by Crippen LogP contribution is -2.53. The Morgan fingerprint density at radius 3 is 2.29 bits per heavy atom. The first kappa shape index (κ1) is 11.9. The van der Waals surface area contributed by atoms with Gasteiger partial charge in [-0.25, -0.2) is 8.42 Å². The molecule has 1 saturated heterocycles. The number of aliphatic hydroxyl groups excluding tert-OH is 1. The first-order chi connectivity index (χ1) is 6.42. The molecular weight excluding hydrogens is 204 g/mol. The summed E-state index contributed by atoms with van der Waals surface area (Å²) in [7, 11) is -3.37. The quantitative estimate of drug-likeness (QED) is 0.642. The highest BCUT2D eigenvalue weighted by molar-refractivity contribution is 7.90. The molecule has 2 N–H and O–H groups in total. The van der Waals surface area contributed by atoms with Crippen molar-refractivity contribution in [2.45, 2.75) is 18.6 Å². The van der Waals surface area contributed by atoms with Crippen LogP contribution in [0.5, 0.6) is 0 Å². The van der Waals surface area contributed by atoms with Gasteiger partial charge in [0.25, 0.3) is 0 Å². The topological polar surface area (TPSA) is 69.6 Å². The maximum Gasteiger partial charge on any atom is 0.221 e. The number of rotatable bonds is 3. The van der Waals surface area contributed by atoms with Gasteiger partial charge in [-0.05, 0) is 13.8 Å². The molecule has 1 fully saturated rings. The minimum Gasteiger partial charge on any atom is -0.395 e. The third-order valence-corrected chi connectivity index (χ3v) is 5.07. The molecule has 1 aliphatic heterocycles. The van der Waals surface area contributed by atoms with Gasteiger partial charge in [0.2, 0.25) is 10.0 Å². The van der Waals surface area contributed by atoms with Crippen molar-refractivity contribution >= 4 is 10.0 Å². The van der Waals surface area contributed by atoms with Crippen molar-refractivity contribution in [1.29, 1.82) is 0 Å². The summed E-state index contributed by atoms with van der Waals surface area (Å²) in [6.07, 6.45) is 0. The van der Waals surface area contributed by atoms with Gasteiger partial charge in [-0.1, -0.05) is 0 Å². The van der Waals surface area contributed by atoms with E-state index >= 15 is 0 Å². The zero-order chi connectivity index (χ0) is 10.8. The molecule has 0 spiro atoms. The normalized spacial score (nSPS) is 21.1. The minimum absolute atomic E-state index is 0.348. The fourth-order valence-electron chi connectivity index (χ4n) is 1.32. The van der Waals surface area contributed by atoms with Crippen LogP contribution in [0.4, 0.5) is 0 Å². The summed E-state index contributed by atoms with van der Waals surface area (Å²) in [5.74, 6) is 0. The van der Waals surface area contributed by atoms with Crippen LogP contribution in [0.3, 0.4) is 0 Å². The molecule has 0 atom stereocenters. The predicted octanol–water partition coefficient (Wildman–Crippen LogP) is -1.01. The molecule has 1 rings (SSSR count). The maximum absolute atomic E-state index is 12.0. The van der Waals surface area contributed by atoms with E-state index in [4.69, 9.17) is 5.11 Å². The molecule has 0 unspecified atom stereocenters. The predicted molar refractivity (Wildman–Crippen MR) is 54.5 cm³/mol. The molecule has 0 bridgehead atoms. The Morgan fingerprint density at radius 2 is 1.86 bits per heavy atom. The Morgan fingerprint density at radius 1 is 1.36 bits per heavy atom. The third kappa shape index (κ3) is 2.08. The van der Waals surface area contributed by atoms with Gasteiger partial charge in [-0.2, -0.15) is 4.31 Å². The highest BCUT2D eigenvalue weighted by Crippen LogP contribution is 2.20. The Hall–Kier alpha value is -0.170. The van der Waals surface area contributed by atoms with E-state index in [0.717, 1.165) is 0 Å². The Balaban J connectivity index is 2.83. The van der Waals surface area contributed by atoms with E-state index in [1.807, 2.05) is 0 Å². The molecule has 0 aromatic carbocycles. The van der Waals surface area contributed by atoms with Crippen LogP contribution in [0.15, 0.2) is 0 Å². The van der Waals surface area contributed by atoms with E-state index in [9.17, 15) is 8.42 Å². The standard InChI is InChI=1S/C8H18N2O3S/c1-8(2,7-11)14(12,13)10-5-3-9-4-6-10/h9,11H,3-7H2,1-2H3. The second kappa shape index (κ2) is 4.14. The summed E-state index contributed by atoms with van der Waals surface area (Å²) in [6, 6.07) is 0. The Labute approximate surface area is 85.2 Å². The molecule has 0 aromatic rings. The van der Waals surface area contributed by atoms with E-state index in [1.54, 1.807) is 13.8 Å². The van der Waals surface area contributed by atoms with Crippen molar-refractivity contribution in [1.82, 2.24) is 9.62 Å². The lowest BCUT2D eigenvalue weighted by molar-refractivity contribution is 0.247. The van der Waals surface area contributed by atoms with Crippen molar-refractivity contribution in [3.63, 3.8) is 0 Å². The molecular formula is C8H18N2O3S. The summed E-state index contributed by atoms with van der Waals surface area (Å²) < 4.78 is 24.3. The largest absolute Gasteiger partial charge is 0.395 e. The van der Waals surface area contributed by atoms with Crippen molar-refractivity contribution in [3.8, 4) is 0 Å². The van der Waals surface area contributed by atoms with Gasteiger partial charge >= 0.3 is 0 Å². The average molecular weight is 222 g/mol. The zero-order valence-electron chi connectivity index (χ0n) is 8.65. The van der Waals surface area contributed by atoms with E-state index in [0.29, 0.717) is 26.2 Å². The maximum atomic E-state index is 12.0. The molecule has 0 radical (unpaired) electrons. The fraction of sp³-hybridized carbons (Fsp3) is 1.00. The first-order valence-electron chi connectivity index (χ1n) is 4.73. The monoisotopic (exact) mass is 222 g/mol. The van der Waals surface area contributed by atoms with E-state index in [1.165, 1.54) is 4.31 Å². The zero-order valence-corrected chi connectivity index (χ0v) is 9.47. The lowest BCUT2D eigenvalue weighted by Gasteiger charge is -2.33. The third-order valence-electron chi connectivity index (χ3n) is 2.49. The van der Waals surface area contributed by atoms with Gasteiger partial charge < -0.3 is 10.4 Å². The molecule has 0 saturated carbocycles. The average Bonchev–Trinajstić information content (AvgIpc) is 2.19. The molecule has 1 heterocycles. The molecule has 1 aliphatic rings. The smallest absolute Gasteiger partial charge is 0.221 e. The number of piperazine rings is 1. The van der Waals surface area contributed by atoms with Crippen molar-refractivity contribution in [3.05, 3.63) is 0 Å². The lowest BCUT2D eigenvalue weighted by atomic mass is 10.2. The molecule has 6 heteroatoms. The minimum atomic E-state index is -3.37. The van der Waals surface area contributed by atoms with Crippen LogP contribution in [0.25, 0.3) is 0 Å². The summed E-state index contributed by atoms with van der Waals surface area (Å²) in [6.45, 7) is 5.09. The van der Waals surface area contributed by atoms with Crippen LogP contribution in [0.1, 0.15) is 13.8 Å². The summed E-state index contributed by atoms with van der Waals surface area (Å²) in [5.41, 5.74) is 0. The number of nitrogens with one attached hydrogen (secondary N) is 1. The van der Waals surface area contributed by atoms with Crippen LogP contribution in [0, 0.1) is 0 Å². The van der Waals surface area contributed by atoms with Crippen LogP contribution in [0.2, 0.25) is 0 Å². The SMILES string of the molecule is CC(C)(CO)S(=O)(=O)N1CCNCC1. The number of nitrogens with zero attached hydrogens (tertiary/aromatic N) is 1. The first-order valence-corrected chi connectivity index (χ1v) is 6.17. The fourth-order valence-corrected chi connectivity index (χ4v) is 2.84. The number of sulfonamides is 1. The van der Waals surface area contributed by atoms with Gasteiger partial charge in [-0.15, -0.1) is 0 Å². The summed E-state index contributed by atoms with van der Waals surface area (Å²) >= 11 is 0. The number of hydrogen-bond acceptors (Lipinski definition) is 4. The van der Waals surface area contributed by atoms with Gasteiger partial charge in [0.05, 0.1) is 6.61 Å². The number of hydrogen-bond donors (Lipinski definition) is 2. The van der Waals surface area contributed by atoms with Gasteiger partial charge in [0.15, 0.2) is 0 Å². The number of aliphatic hydroxyl groups is 1. The molecule has 84 valence electrons. The molecule has 14 heavy (non-hydrogen) atoms. The van der Waals surface area contributed by atoms with E-state index < -0.39 is 14.8 Å². The Kier molecular flexibility index (Phi) is 3.52. The van der Waals surface area contributed by atoms with Gasteiger partial charge in [0.1, 0.15) is 4.75 Å². The van der Waals surface area contributed by atoms with Crippen molar-refractivity contribution < 1.29 is 13.5 Å². The highest BCUT2D eigenvalue weighted by atomic mass is 32.2. The van der Waals surface area contributed by atoms with Crippen molar-refractivity contribution in [2.75, 3.05) is 32.8 Å². The summed E-state index contributed by atoms with van der Waals surface area (Å²) in [4.78, 5) is 0. The highest BCUT2D eigenvalue weighted by Gasteiger charge is 2.38. The van der Waals surface area contributed by atoms with Gasteiger partial charge in [0, 0.05) is 26.2 Å². The second-order valence-corrected chi connectivity index (χ2v) is 6.64. The van der Waals surface area contributed by atoms with E-state index in [2.05, 4.69) is 5.32 Å². The Bertz CT molecular complexity index is 281. The van der Waals surface area contributed by atoms with Crippen LogP contribution >= 0.6 is 0 Å².